The molecule has 1 aliphatic rings. The number of aliphatic hydroxyl groups is 1. The lowest BCUT2D eigenvalue weighted by molar-refractivity contribution is 0.0926. The Kier molecular flexibility index (Phi) is 8.27. The molecule has 1 N–H and O–H groups in total. The van der Waals surface area contributed by atoms with Crippen LogP contribution in [-0.2, 0) is 10.0 Å². The molecule has 1 fully saturated rings. The van der Waals surface area contributed by atoms with Crippen LogP contribution < -0.4 is 0 Å². The van der Waals surface area contributed by atoms with Gasteiger partial charge in [0.25, 0.3) is 0 Å². The van der Waals surface area contributed by atoms with Gasteiger partial charge < -0.3 is 14.9 Å². The van der Waals surface area contributed by atoms with Crippen molar-refractivity contribution < 1.29 is 13.5 Å². The highest BCUT2D eigenvalue weighted by Gasteiger charge is 2.21. The molecule has 0 saturated carbocycles. The fourth-order valence-corrected chi connectivity index (χ4v) is 3.82. The van der Waals surface area contributed by atoms with E-state index in [1.165, 1.54) is 4.31 Å². The van der Waals surface area contributed by atoms with Gasteiger partial charge in [0.1, 0.15) is 0 Å². The van der Waals surface area contributed by atoms with Crippen LogP contribution in [0.3, 0.4) is 0 Å². The molecule has 0 radical (unpaired) electrons. The van der Waals surface area contributed by atoms with Crippen LogP contribution in [0.2, 0.25) is 0 Å². The average molecular weight is 336 g/mol. The van der Waals surface area contributed by atoms with Crippen LogP contribution in [-0.4, -0.2) is 93.4 Å². The van der Waals surface area contributed by atoms with E-state index in [0.29, 0.717) is 12.3 Å². The quantitative estimate of drug-likeness (QED) is 0.656. The largest absolute Gasteiger partial charge is 0.392 e. The third-order valence-corrected chi connectivity index (χ3v) is 6.22. The van der Waals surface area contributed by atoms with Gasteiger partial charge in [-0.3, -0.25) is 0 Å². The van der Waals surface area contributed by atoms with E-state index in [0.717, 1.165) is 45.6 Å². The zero-order valence-electron chi connectivity index (χ0n) is 14.5. The SMILES string of the molecule is C[C@H](O)CN1CCC(CN(C)CCCS(=O)(=O)N(C)C)CC1. The Morgan fingerprint density at radius 2 is 1.82 bits per heavy atom. The maximum absolute atomic E-state index is 11.7. The first-order chi connectivity index (χ1) is 10.2. The third kappa shape index (κ3) is 7.37. The van der Waals surface area contributed by atoms with Gasteiger partial charge in [-0.15, -0.1) is 0 Å². The van der Waals surface area contributed by atoms with E-state index in [4.69, 9.17) is 0 Å². The van der Waals surface area contributed by atoms with Crippen LogP contribution in [0.5, 0.6) is 0 Å². The number of sulfonamides is 1. The van der Waals surface area contributed by atoms with Crippen molar-refractivity contribution >= 4 is 10.0 Å². The summed E-state index contributed by atoms with van der Waals surface area (Å²) < 4.78 is 24.7. The zero-order valence-corrected chi connectivity index (χ0v) is 15.3. The van der Waals surface area contributed by atoms with Gasteiger partial charge in [0.15, 0.2) is 0 Å². The van der Waals surface area contributed by atoms with E-state index >= 15 is 0 Å². The van der Waals surface area contributed by atoms with Crippen LogP contribution in [0.1, 0.15) is 26.2 Å². The Labute approximate surface area is 136 Å². The van der Waals surface area contributed by atoms with Crippen LogP contribution >= 0.6 is 0 Å². The van der Waals surface area contributed by atoms with E-state index in [1.54, 1.807) is 14.1 Å². The predicted molar refractivity (Wildman–Crippen MR) is 90.4 cm³/mol. The van der Waals surface area contributed by atoms with E-state index in [1.807, 2.05) is 6.92 Å². The van der Waals surface area contributed by atoms with Gasteiger partial charge >= 0.3 is 0 Å². The predicted octanol–water partition coefficient (Wildman–Crippen LogP) is 0.293. The summed E-state index contributed by atoms with van der Waals surface area (Å²) in [6, 6.07) is 0. The van der Waals surface area contributed by atoms with Crippen molar-refractivity contribution in [2.75, 3.05) is 59.6 Å². The van der Waals surface area contributed by atoms with Crippen LogP contribution in [0.4, 0.5) is 0 Å². The summed E-state index contributed by atoms with van der Waals surface area (Å²) in [6.07, 6.45) is 2.75. The number of β-amino-alcohol motifs (C(OH)–C–C–N with tert-alkyl or cyclic N) is 1. The highest BCUT2D eigenvalue weighted by Crippen LogP contribution is 2.18. The van der Waals surface area contributed by atoms with Crippen molar-refractivity contribution in [3.8, 4) is 0 Å². The first-order valence-corrected chi connectivity index (χ1v) is 9.81. The number of aliphatic hydroxyl groups excluding tert-OH is 1. The molecule has 1 heterocycles. The Hall–Kier alpha value is -0.210. The molecule has 0 aliphatic carbocycles. The topological polar surface area (TPSA) is 64.1 Å². The van der Waals surface area contributed by atoms with E-state index in [-0.39, 0.29) is 11.9 Å². The lowest BCUT2D eigenvalue weighted by Crippen LogP contribution is -2.40. The summed E-state index contributed by atoms with van der Waals surface area (Å²) in [5, 5.41) is 9.42. The summed E-state index contributed by atoms with van der Waals surface area (Å²) in [7, 11) is 2.17. The Bertz CT molecular complexity index is 404. The molecule has 1 atom stereocenters. The summed E-state index contributed by atoms with van der Waals surface area (Å²) >= 11 is 0. The fraction of sp³-hybridized carbons (Fsp3) is 1.00. The van der Waals surface area contributed by atoms with Gasteiger partial charge in [-0.2, -0.15) is 0 Å². The highest BCUT2D eigenvalue weighted by molar-refractivity contribution is 7.89. The molecule has 0 aromatic rings. The lowest BCUT2D eigenvalue weighted by atomic mass is 9.96. The lowest BCUT2D eigenvalue weighted by Gasteiger charge is -2.34. The highest BCUT2D eigenvalue weighted by atomic mass is 32.2. The Morgan fingerprint density at radius 1 is 1.23 bits per heavy atom. The van der Waals surface area contributed by atoms with Crippen LogP contribution in [0, 0.1) is 5.92 Å². The van der Waals surface area contributed by atoms with E-state index in [9.17, 15) is 13.5 Å². The van der Waals surface area contributed by atoms with Crippen molar-refractivity contribution in [2.45, 2.75) is 32.3 Å². The maximum atomic E-state index is 11.7. The molecular weight excluding hydrogens is 302 g/mol. The molecule has 1 saturated heterocycles. The molecular formula is C15H33N3O3S. The van der Waals surface area contributed by atoms with Gasteiger partial charge in [0, 0.05) is 27.2 Å². The smallest absolute Gasteiger partial charge is 0.213 e. The fourth-order valence-electron chi connectivity index (χ4n) is 2.96. The number of likely N-dealkylation sites (tertiary alicyclic amines) is 1. The molecule has 22 heavy (non-hydrogen) atoms. The number of hydrogen-bond donors (Lipinski definition) is 1. The molecule has 0 amide bonds. The Balaban J connectivity index is 2.20. The van der Waals surface area contributed by atoms with Crippen LogP contribution in [0.25, 0.3) is 0 Å². The molecule has 0 aromatic carbocycles. The van der Waals surface area contributed by atoms with Gasteiger partial charge in [-0.1, -0.05) is 0 Å². The molecule has 1 aliphatic heterocycles. The minimum atomic E-state index is -3.07. The van der Waals surface area contributed by atoms with Gasteiger partial charge in [0.05, 0.1) is 11.9 Å². The average Bonchev–Trinajstić information content (AvgIpc) is 2.40. The zero-order chi connectivity index (χ0) is 16.8. The molecule has 6 nitrogen and oxygen atoms in total. The van der Waals surface area contributed by atoms with Crippen molar-refractivity contribution in [1.29, 1.82) is 0 Å². The molecule has 0 bridgehead atoms. The standard InChI is InChI=1S/C15H33N3O3S/c1-14(19)12-18-9-6-15(7-10-18)13-17(4)8-5-11-22(20,21)16(2)3/h14-15,19H,5-13H2,1-4H3/t14-/m0/s1. The van der Waals surface area contributed by atoms with Crippen molar-refractivity contribution in [2.24, 2.45) is 5.92 Å². The number of rotatable bonds is 9. The van der Waals surface area contributed by atoms with Gasteiger partial charge in [0.2, 0.25) is 10.0 Å². The normalized spacial score (nSPS) is 20.0. The van der Waals surface area contributed by atoms with E-state index < -0.39 is 10.0 Å². The Morgan fingerprint density at radius 3 is 2.32 bits per heavy atom. The monoisotopic (exact) mass is 335 g/mol. The van der Waals surface area contributed by atoms with Gasteiger partial charge in [-0.25, -0.2) is 12.7 Å². The second-order valence-corrected chi connectivity index (χ2v) is 9.11. The van der Waals surface area contributed by atoms with Crippen molar-refractivity contribution in [3.05, 3.63) is 0 Å². The number of nitrogens with zero attached hydrogens (tertiary/aromatic N) is 3. The minimum Gasteiger partial charge on any atom is -0.392 e. The first-order valence-electron chi connectivity index (χ1n) is 8.20. The molecule has 0 spiro atoms. The molecule has 132 valence electrons. The summed E-state index contributed by atoms with van der Waals surface area (Å²) in [6.45, 7) is 6.56. The second kappa shape index (κ2) is 9.17. The third-order valence-electron chi connectivity index (χ3n) is 4.30. The minimum absolute atomic E-state index is 0.219. The number of piperidine rings is 1. The van der Waals surface area contributed by atoms with Crippen molar-refractivity contribution in [1.82, 2.24) is 14.1 Å². The molecule has 0 aromatic heterocycles. The number of hydrogen-bond acceptors (Lipinski definition) is 5. The molecule has 7 heteroatoms. The van der Waals surface area contributed by atoms with Crippen LogP contribution in [0.15, 0.2) is 0 Å². The van der Waals surface area contributed by atoms with E-state index in [2.05, 4.69) is 16.8 Å². The maximum Gasteiger partial charge on any atom is 0.213 e. The summed E-state index contributed by atoms with van der Waals surface area (Å²) in [5.41, 5.74) is 0. The first kappa shape index (κ1) is 19.8. The van der Waals surface area contributed by atoms with Gasteiger partial charge in [-0.05, 0) is 58.8 Å². The van der Waals surface area contributed by atoms with Crippen molar-refractivity contribution in [3.63, 3.8) is 0 Å². The summed E-state index contributed by atoms with van der Waals surface area (Å²) in [4.78, 5) is 4.57. The molecule has 0 unspecified atom stereocenters. The molecule has 1 rings (SSSR count). The summed E-state index contributed by atoms with van der Waals surface area (Å²) in [5.74, 6) is 0.901. The second-order valence-electron chi connectivity index (χ2n) is 6.81.